The molecule has 1 aliphatic rings. The van der Waals surface area contributed by atoms with Gasteiger partial charge in [-0.15, -0.1) is 0 Å². The number of hydrogen-bond acceptors (Lipinski definition) is 3. The molecule has 0 aromatic heterocycles. The van der Waals surface area contributed by atoms with Crippen molar-refractivity contribution in [2.75, 3.05) is 25.1 Å². The van der Waals surface area contributed by atoms with Gasteiger partial charge in [0.1, 0.15) is 5.75 Å². The van der Waals surface area contributed by atoms with Gasteiger partial charge in [0.05, 0.1) is 7.11 Å². The standard InChI is InChI=1S/C15H21NO3/c1-19-13-6-7-14(16-9-3-2-4-10-16)12(11-13)5-8-15(17)18/h6-7,11H,2-5,8-10H2,1H3,(H,17,18). The molecule has 1 saturated heterocycles. The van der Waals surface area contributed by atoms with Gasteiger partial charge in [-0.3, -0.25) is 4.79 Å². The predicted octanol–water partition coefficient (Wildman–Crippen LogP) is 2.70. The molecule has 0 amide bonds. The summed E-state index contributed by atoms with van der Waals surface area (Å²) in [6.07, 6.45) is 4.43. The molecule has 1 N–H and O–H groups in total. The van der Waals surface area contributed by atoms with Crippen LogP contribution in [-0.4, -0.2) is 31.3 Å². The molecular formula is C15H21NO3. The molecule has 0 bridgehead atoms. The normalized spacial score (nSPS) is 15.3. The first-order chi connectivity index (χ1) is 9.20. The number of aliphatic carboxylic acids is 1. The van der Waals surface area contributed by atoms with Gasteiger partial charge in [-0.2, -0.15) is 0 Å². The number of ether oxygens (including phenoxy) is 1. The van der Waals surface area contributed by atoms with Gasteiger partial charge >= 0.3 is 5.97 Å². The van der Waals surface area contributed by atoms with Gasteiger partial charge in [0.25, 0.3) is 0 Å². The Bertz CT molecular complexity index is 439. The second kappa shape index (κ2) is 6.45. The Morgan fingerprint density at radius 3 is 2.68 bits per heavy atom. The molecule has 4 nitrogen and oxygen atoms in total. The van der Waals surface area contributed by atoms with Crippen molar-refractivity contribution in [3.63, 3.8) is 0 Å². The van der Waals surface area contributed by atoms with Crippen LogP contribution < -0.4 is 9.64 Å². The maximum atomic E-state index is 10.8. The molecule has 1 aromatic rings. The molecule has 19 heavy (non-hydrogen) atoms. The fraction of sp³-hybridized carbons (Fsp3) is 0.533. The van der Waals surface area contributed by atoms with Crippen LogP contribution in [0.15, 0.2) is 18.2 Å². The lowest BCUT2D eigenvalue weighted by atomic mass is 10.0. The van der Waals surface area contributed by atoms with E-state index in [1.54, 1.807) is 7.11 Å². The fourth-order valence-electron chi connectivity index (χ4n) is 2.57. The van der Waals surface area contributed by atoms with E-state index in [4.69, 9.17) is 9.84 Å². The number of aryl methyl sites for hydroxylation is 1. The number of carboxylic acid groups (broad SMARTS) is 1. The number of benzene rings is 1. The Kier molecular flexibility index (Phi) is 4.66. The number of hydrogen-bond donors (Lipinski definition) is 1. The SMILES string of the molecule is COc1ccc(N2CCCCC2)c(CCC(=O)O)c1. The molecule has 0 unspecified atom stereocenters. The molecule has 0 aliphatic carbocycles. The number of carboxylic acids is 1. The summed E-state index contributed by atoms with van der Waals surface area (Å²) in [6.45, 7) is 2.12. The molecular weight excluding hydrogens is 242 g/mol. The van der Waals surface area contributed by atoms with Crippen LogP contribution in [0.1, 0.15) is 31.2 Å². The highest BCUT2D eigenvalue weighted by Gasteiger charge is 2.15. The Hall–Kier alpha value is -1.71. The minimum Gasteiger partial charge on any atom is -0.497 e. The van der Waals surface area contributed by atoms with Crippen molar-refractivity contribution in [1.82, 2.24) is 0 Å². The van der Waals surface area contributed by atoms with Crippen molar-refractivity contribution in [3.8, 4) is 5.75 Å². The van der Waals surface area contributed by atoms with E-state index in [1.165, 1.54) is 24.9 Å². The van der Waals surface area contributed by atoms with Gasteiger partial charge in [-0.1, -0.05) is 0 Å². The van der Waals surface area contributed by atoms with Crippen LogP contribution in [0.2, 0.25) is 0 Å². The van der Waals surface area contributed by atoms with Crippen LogP contribution in [0.25, 0.3) is 0 Å². The zero-order chi connectivity index (χ0) is 13.7. The number of rotatable bonds is 5. The van der Waals surface area contributed by atoms with Crippen molar-refractivity contribution < 1.29 is 14.6 Å². The van der Waals surface area contributed by atoms with Gasteiger partial charge in [0.15, 0.2) is 0 Å². The molecule has 0 saturated carbocycles. The highest BCUT2D eigenvalue weighted by Crippen LogP contribution is 2.28. The first kappa shape index (κ1) is 13.7. The largest absolute Gasteiger partial charge is 0.497 e. The Morgan fingerprint density at radius 2 is 2.05 bits per heavy atom. The molecule has 2 rings (SSSR count). The molecule has 1 fully saturated rings. The van der Waals surface area contributed by atoms with Crippen molar-refractivity contribution in [1.29, 1.82) is 0 Å². The zero-order valence-electron chi connectivity index (χ0n) is 11.4. The van der Waals surface area contributed by atoms with E-state index in [2.05, 4.69) is 11.0 Å². The summed E-state index contributed by atoms with van der Waals surface area (Å²) in [5.74, 6) is 0.0357. The minimum atomic E-state index is -0.757. The number of piperidine rings is 1. The third-order valence-electron chi connectivity index (χ3n) is 3.59. The summed E-state index contributed by atoms with van der Waals surface area (Å²) in [5, 5.41) is 8.86. The fourth-order valence-corrected chi connectivity index (χ4v) is 2.57. The van der Waals surface area contributed by atoms with Crippen LogP contribution in [0.5, 0.6) is 5.75 Å². The van der Waals surface area contributed by atoms with Crippen molar-refractivity contribution in [3.05, 3.63) is 23.8 Å². The van der Waals surface area contributed by atoms with E-state index in [-0.39, 0.29) is 6.42 Å². The minimum absolute atomic E-state index is 0.161. The zero-order valence-corrected chi connectivity index (χ0v) is 11.4. The molecule has 104 valence electrons. The Morgan fingerprint density at radius 1 is 1.32 bits per heavy atom. The lowest BCUT2D eigenvalue weighted by Crippen LogP contribution is -2.30. The van der Waals surface area contributed by atoms with E-state index in [0.29, 0.717) is 6.42 Å². The topological polar surface area (TPSA) is 49.8 Å². The van der Waals surface area contributed by atoms with E-state index >= 15 is 0 Å². The van der Waals surface area contributed by atoms with Crippen LogP contribution in [0.3, 0.4) is 0 Å². The third-order valence-corrected chi connectivity index (χ3v) is 3.59. The Labute approximate surface area is 114 Å². The van der Waals surface area contributed by atoms with Crippen LogP contribution >= 0.6 is 0 Å². The molecule has 1 aromatic carbocycles. The second-order valence-corrected chi connectivity index (χ2v) is 4.94. The van der Waals surface area contributed by atoms with E-state index in [0.717, 1.165) is 24.4 Å². The molecule has 1 aliphatic heterocycles. The number of nitrogens with zero attached hydrogens (tertiary/aromatic N) is 1. The van der Waals surface area contributed by atoms with Crippen molar-refractivity contribution in [2.45, 2.75) is 32.1 Å². The van der Waals surface area contributed by atoms with Crippen molar-refractivity contribution >= 4 is 11.7 Å². The second-order valence-electron chi connectivity index (χ2n) is 4.94. The third kappa shape index (κ3) is 3.63. The first-order valence-electron chi connectivity index (χ1n) is 6.84. The number of anilines is 1. The van der Waals surface area contributed by atoms with Gasteiger partial charge < -0.3 is 14.7 Å². The Balaban J connectivity index is 2.21. The van der Waals surface area contributed by atoms with Gasteiger partial charge in [0, 0.05) is 25.2 Å². The first-order valence-corrected chi connectivity index (χ1v) is 6.84. The summed E-state index contributed by atoms with van der Waals surface area (Å²) in [6, 6.07) is 5.97. The summed E-state index contributed by atoms with van der Waals surface area (Å²) < 4.78 is 5.24. The smallest absolute Gasteiger partial charge is 0.303 e. The number of methoxy groups -OCH3 is 1. The highest BCUT2D eigenvalue weighted by atomic mass is 16.5. The van der Waals surface area contributed by atoms with E-state index in [9.17, 15) is 4.79 Å². The monoisotopic (exact) mass is 263 g/mol. The average molecular weight is 263 g/mol. The number of carbonyl (C=O) groups is 1. The molecule has 0 atom stereocenters. The van der Waals surface area contributed by atoms with Gasteiger partial charge in [0.2, 0.25) is 0 Å². The summed E-state index contributed by atoms with van der Waals surface area (Å²) in [4.78, 5) is 13.1. The van der Waals surface area contributed by atoms with E-state index < -0.39 is 5.97 Å². The summed E-state index contributed by atoms with van der Waals surface area (Å²) >= 11 is 0. The quantitative estimate of drug-likeness (QED) is 0.887. The lowest BCUT2D eigenvalue weighted by Gasteiger charge is -2.30. The molecule has 1 heterocycles. The van der Waals surface area contributed by atoms with Crippen LogP contribution in [0.4, 0.5) is 5.69 Å². The van der Waals surface area contributed by atoms with Crippen LogP contribution in [-0.2, 0) is 11.2 Å². The van der Waals surface area contributed by atoms with Crippen molar-refractivity contribution in [2.24, 2.45) is 0 Å². The van der Waals surface area contributed by atoms with E-state index in [1.807, 2.05) is 12.1 Å². The summed E-state index contributed by atoms with van der Waals surface area (Å²) in [7, 11) is 1.64. The maximum absolute atomic E-state index is 10.8. The van der Waals surface area contributed by atoms with Gasteiger partial charge in [-0.05, 0) is 49.4 Å². The molecule has 0 radical (unpaired) electrons. The lowest BCUT2D eigenvalue weighted by molar-refractivity contribution is -0.136. The predicted molar refractivity (Wildman–Crippen MR) is 75.0 cm³/mol. The highest BCUT2D eigenvalue weighted by molar-refractivity contribution is 5.68. The molecule has 0 spiro atoms. The molecule has 4 heteroatoms. The summed E-state index contributed by atoms with van der Waals surface area (Å²) in [5.41, 5.74) is 2.24. The van der Waals surface area contributed by atoms with Gasteiger partial charge in [-0.25, -0.2) is 0 Å². The van der Waals surface area contributed by atoms with Crippen LogP contribution in [0, 0.1) is 0 Å². The maximum Gasteiger partial charge on any atom is 0.303 e. The average Bonchev–Trinajstić information content (AvgIpc) is 2.45.